The Bertz CT molecular complexity index is 187. The Labute approximate surface area is 79.9 Å². The molecule has 3 atom stereocenters. The molecule has 0 aromatic heterocycles. The van der Waals surface area contributed by atoms with Crippen LogP contribution in [0, 0.1) is 5.92 Å². The lowest BCUT2D eigenvalue weighted by atomic mass is 9.97. The third-order valence-electron chi connectivity index (χ3n) is 2.37. The first kappa shape index (κ1) is 10.5. The molecule has 3 unspecified atom stereocenters. The smallest absolute Gasteiger partial charge is 0.160 e. The van der Waals surface area contributed by atoms with Crippen LogP contribution in [0.1, 0.15) is 26.2 Å². The van der Waals surface area contributed by atoms with E-state index >= 15 is 0 Å². The van der Waals surface area contributed by atoms with Gasteiger partial charge in [0, 0.05) is 5.92 Å². The molecule has 0 saturated carbocycles. The molecule has 0 radical (unpaired) electrons. The molecule has 0 amide bonds. The van der Waals surface area contributed by atoms with E-state index in [4.69, 9.17) is 9.84 Å². The highest BCUT2D eigenvalue weighted by Gasteiger charge is 2.35. The molecule has 1 aliphatic rings. The van der Waals surface area contributed by atoms with Gasteiger partial charge in [0.1, 0.15) is 0 Å². The summed E-state index contributed by atoms with van der Waals surface area (Å²) in [5.41, 5.74) is 0. The molecule has 0 aliphatic carbocycles. The van der Waals surface area contributed by atoms with E-state index in [0.29, 0.717) is 0 Å². The summed E-state index contributed by atoms with van der Waals surface area (Å²) in [4.78, 5) is 0. The topological polar surface area (TPSA) is 29.5 Å². The van der Waals surface area contributed by atoms with Gasteiger partial charge in [0.15, 0.2) is 6.29 Å². The number of allylic oxidation sites excluding steroid dienone is 2. The van der Waals surface area contributed by atoms with Crippen molar-refractivity contribution in [3.63, 3.8) is 0 Å². The van der Waals surface area contributed by atoms with Crippen LogP contribution in [0.5, 0.6) is 0 Å². The molecule has 1 aliphatic heterocycles. The fourth-order valence-corrected chi connectivity index (χ4v) is 1.31. The van der Waals surface area contributed by atoms with Crippen molar-refractivity contribution in [3.05, 3.63) is 24.8 Å². The molecule has 2 nitrogen and oxygen atoms in total. The van der Waals surface area contributed by atoms with Gasteiger partial charge in [-0.15, -0.1) is 6.58 Å². The summed E-state index contributed by atoms with van der Waals surface area (Å²) in [5.74, 6) is 0.246. The maximum absolute atomic E-state index is 9.06. The third-order valence-corrected chi connectivity index (χ3v) is 2.37. The summed E-state index contributed by atoms with van der Waals surface area (Å²) in [6.07, 6.45) is 8.94. The van der Waals surface area contributed by atoms with Crippen LogP contribution >= 0.6 is 0 Å². The van der Waals surface area contributed by atoms with Crippen LogP contribution in [-0.4, -0.2) is 17.5 Å². The number of aliphatic hydroxyl groups is 1. The van der Waals surface area contributed by atoms with Gasteiger partial charge in [-0.05, 0) is 19.3 Å². The van der Waals surface area contributed by atoms with Crippen molar-refractivity contribution in [2.45, 2.75) is 38.6 Å². The second-order valence-electron chi connectivity index (χ2n) is 3.50. The zero-order valence-corrected chi connectivity index (χ0v) is 8.15. The minimum atomic E-state index is -0.553. The van der Waals surface area contributed by atoms with E-state index in [-0.39, 0.29) is 12.0 Å². The first-order valence-corrected chi connectivity index (χ1v) is 4.87. The summed E-state index contributed by atoms with van der Waals surface area (Å²) in [7, 11) is 0. The van der Waals surface area contributed by atoms with E-state index in [1.807, 2.05) is 19.1 Å². The van der Waals surface area contributed by atoms with E-state index in [1.54, 1.807) is 0 Å². The predicted molar refractivity (Wildman–Crippen MR) is 53.2 cm³/mol. The third kappa shape index (κ3) is 2.98. The van der Waals surface area contributed by atoms with Crippen molar-refractivity contribution in [2.24, 2.45) is 5.92 Å². The average molecular weight is 182 g/mol. The number of hydrogen-bond donors (Lipinski definition) is 1. The molecule has 1 saturated heterocycles. The maximum atomic E-state index is 9.06. The van der Waals surface area contributed by atoms with Gasteiger partial charge in [0.25, 0.3) is 0 Å². The average Bonchev–Trinajstić information content (AvgIpc) is 2.15. The van der Waals surface area contributed by atoms with Gasteiger partial charge < -0.3 is 9.84 Å². The van der Waals surface area contributed by atoms with Gasteiger partial charge in [-0.25, -0.2) is 0 Å². The molecule has 0 aromatic carbocycles. The van der Waals surface area contributed by atoms with E-state index in [0.717, 1.165) is 19.3 Å². The van der Waals surface area contributed by atoms with Gasteiger partial charge in [0.2, 0.25) is 0 Å². The molecule has 1 heterocycles. The largest absolute Gasteiger partial charge is 0.368 e. The lowest BCUT2D eigenvalue weighted by Crippen LogP contribution is -2.45. The van der Waals surface area contributed by atoms with E-state index in [9.17, 15) is 0 Å². The second-order valence-corrected chi connectivity index (χ2v) is 3.50. The first-order chi connectivity index (χ1) is 6.25. The fraction of sp³-hybridized carbons (Fsp3) is 0.636. The van der Waals surface area contributed by atoms with Gasteiger partial charge in [-0.3, -0.25) is 0 Å². The number of rotatable bonds is 5. The quantitative estimate of drug-likeness (QED) is 0.522. The molecular weight excluding hydrogens is 164 g/mol. The molecule has 74 valence electrons. The lowest BCUT2D eigenvalue weighted by Gasteiger charge is -2.37. The van der Waals surface area contributed by atoms with E-state index in [2.05, 4.69) is 12.7 Å². The van der Waals surface area contributed by atoms with Crippen LogP contribution in [0.4, 0.5) is 0 Å². The number of unbranched alkanes of at least 4 members (excludes halogenated alkanes) is 2. The molecule has 1 rings (SSSR count). The number of aliphatic hydroxyl groups excluding tert-OH is 1. The molecule has 0 spiro atoms. The van der Waals surface area contributed by atoms with Crippen molar-refractivity contribution in [1.29, 1.82) is 0 Å². The second kappa shape index (κ2) is 5.20. The van der Waals surface area contributed by atoms with Crippen molar-refractivity contribution in [3.8, 4) is 0 Å². The summed E-state index contributed by atoms with van der Waals surface area (Å²) < 4.78 is 5.11. The Morgan fingerprint density at radius 1 is 1.46 bits per heavy atom. The first-order valence-electron chi connectivity index (χ1n) is 4.87. The molecule has 1 fully saturated rings. The Morgan fingerprint density at radius 2 is 2.23 bits per heavy atom. The standard InChI is InChI=1S/C11H18O2/c1-3-4-5-6-7-8-10-9(2)11(12)13-10/h3,7-12H,1,4-6H2,2H3. The zero-order valence-electron chi connectivity index (χ0n) is 8.15. The van der Waals surface area contributed by atoms with Crippen molar-refractivity contribution in [1.82, 2.24) is 0 Å². The van der Waals surface area contributed by atoms with Crippen LogP contribution in [0.15, 0.2) is 24.8 Å². The Kier molecular flexibility index (Phi) is 4.19. The Morgan fingerprint density at radius 3 is 2.77 bits per heavy atom. The molecule has 2 heteroatoms. The van der Waals surface area contributed by atoms with Crippen molar-refractivity contribution in [2.75, 3.05) is 0 Å². The molecular formula is C11H18O2. The molecule has 1 N–H and O–H groups in total. The summed E-state index contributed by atoms with van der Waals surface area (Å²) in [6.45, 7) is 5.65. The Hall–Kier alpha value is -0.600. The number of hydrogen-bond acceptors (Lipinski definition) is 2. The van der Waals surface area contributed by atoms with Gasteiger partial charge in [-0.1, -0.05) is 25.2 Å². The monoisotopic (exact) mass is 182 g/mol. The Balaban J connectivity index is 2.07. The fourth-order valence-electron chi connectivity index (χ4n) is 1.31. The van der Waals surface area contributed by atoms with Crippen LogP contribution in [0.2, 0.25) is 0 Å². The lowest BCUT2D eigenvalue weighted by molar-refractivity contribution is -0.258. The molecule has 0 aromatic rings. The summed E-state index contributed by atoms with van der Waals surface area (Å²) in [5, 5.41) is 9.06. The van der Waals surface area contributed by atoms with E-state index in [1.165, 1.54) is 0 Å². The number of ether oxygens (including phenoxy) is 1. The van der Waals surface area contributed by atoms with Gasteiger partial charge in [0.05, 0.1) is 6.10 Å². The SMILES string of the molecule is C=CCCCC=CC1OC(O)C1C. The summed E-state index contributed by atoms with van der Waals surface area (Å²) in [6, 6.07) is 0. The zero-order chi connectivity index (χ0) is 9.68. The van der Waals surface area contributed by atoms with Crippen molar-refractivity contribution < 1.29 is 9.84 Å². The van der Waals surface area contributed by atoms with Crippen LogP contribution in [-0.2, 0) is 4.74 Å². The highest BCUT2D eigenvalue weighted by molar-refractivity contribution is 4.97. The normalized spacial score (nSPS) is 33.2. The molecule has 0 bridgehead atoms. The predicted octanol–water partition coefficient (Wildman–Crippen LogP) is 2.25. The molecule has 13 heavy (non-hydrogen) atoms. The van der Waals surface area contributed by atoms with Crippen LogP contribution in [0.3, 0.4) is 0 Å². The minimum Gasteiger partial charge on any atom is -0.368 e. The van der Waals surface area contributed by atoms with Crippen LogP contribution in [0.25, 0.3) is 0 Å². The highest BCUT2D eigenvalue weighted by Crippen LogP contribution is 2.26. The van der Waals surface area contributed by atoms with Crippen molar-refractivity contribution >= 4 is 0 Å². The highest BCUT2D eigenvalue weighted by atomic mass is 16.6. The van der Waals surface area contributed by atoms with Gasteiger partial charge >= 0.3 is 0 Å². The maximum Gasteiger partial charge on any atom is 0.160 e. The minimum absolute atomic E-state index is 0.124. The van der Waals surface area contributed by atoms with E-state index < -0.39 is 6.29 Å². The summed E-state index contributed by atoms with van der Waals surface area (Å²) >= 11 is 0. The van der Waals surface area contributed by atoms with Crippen LogP contribution < -0.4 is 0 Å². The van der Waals surface area contributed by atoms with Gasteiger partial charge in [-0.2, -0.15) is 0 Å².